The summed E-state index contributed by atoms with van der Waals surface area (Å²) in [4.78, 5) is 0. The first-order chi connectivity index (χ1) is 9.38. The Morgan fingerprint density at radius 3 is 2.87 bits per heavy atom. The van der Waals surface area contributed by atoms with Gasteiger partial charge < -0.3 is 15.2 Å². The van der Waals surface area contributed by atoms with Crippen LogP contribution in [0.3, 0.4) is 0 Å². The van der Waals surface area contributed by atoms with Gasteiger partial charge in [-0.2, -0.15) is 0 Å². The van der Waals surface area contributed by atoms with E-state index in [0.29, 0.717) is 0 Å². The van der Waals surface area contributed by atoms with Crippen molar-refractivity contribution in [3.05, 3.63) is 23.8 Å². The molecule has 0 spiro atoms. The summed E-state index contributed by atoms with van der Waals surface area (Å²) in [6.45, 7) is -0.731. The van der Waals surface area contributed by atoms with Crippen molar-refractivity contribution < 1.29 is 19.1 Å². The van der Waals surface area contributed by atoms with Crippen LogP contribution in [0.4, 0.5) is 0 Å². The molecule has 2 N–H and O–H groups in total. The Morgan fingerprint density at radius 2 is 2.27 bits per heavy atom. The highest BCUT2D eigenvalue weighted by molar-refractivity contribution is 5.85. The summed E-state index contributed by atoms with van der Waals surface area (Å²) in [5.74, 6) is -0.0618. The van der Waals surface area contributed by atoms with Gasteiger partial charge in [-0.3, -0.25) is 0 Å². The quantitative estimate of drug-likeness (QED) is 0.854. The van der Waals surface area contributed by atoms with E-state index in [-0.39, 0.29) is 36.1 Å². The normalized spacial score (nSPS) is 18.9. The number of rotatable bonds is 5. The number of ether oxygens (including phenoxy) is 2. The Bertz CT molecular complexity index is 502. The molecule has 4 heteroatoms. The van der Waals surface area contributed by atoms with E-state index in [1.165, 1.54) is 18.2 Å². The number of nitrogens with two attached hydrogens (primary N) is 1. The number of aryl methyl sites for hydroxylation is 1. The van der Waals surface area contributed by atoms with Crippen molar-refractivity contribution in [2.45, 2.75) is 13.3 Å². The van der Waals surface area contributed by atoms with E-state index >= 15 is 0 Å². The van der Waals surface area contributed by atoms with Gasteiger partial charge in [-0.05, 0) is 37.5 Å². The Hall–Kier alpha value is -0.930. The highest BCUT2D eigenvalue weighted by Gasteiger charge is 2.04. The van der Waals surface area contributed by atoms with Gasteiger partial charge in [0.15, 0.2) is 11.5 Å². The monoisotopic (exact) mass is 238 g/mol. The third kappa shape index (κ3) is 3.98. The van der Waals surface area contributed by atoms with Crippen molar-refractivity contribution in [1.29, 1.82) is 0 Å². The summed E-state index contributed by atoms with van der Waals surface area (Å²) in [7, 11) is -2.67. The number of benzene rings is 1. The molecule has 0 atom stereocenters. The van der Waals surface area contributed by atoms with Gasteiger partial charge in [-0.15, -0.1) is 12.4 Å². The molecule has 0 unspecified atom stereocenters. The molecule has 0 saturated carbocycles. The lowest BCUT2D eigenvalue weighted by atomic mass is 10.1. The van der Waals surface area contributed by atoms with E-state index in [0.717, 1.165) is 0 Å². The Kier molecular flexibility index (Phi) is 2.93. The van der Waals surface area contributed by atoms with E-state index in [1.54, 1.807) is 6.92 Å². The molecule has 0 aliphatic heterocycles. The molecule has 0 saturated heterocycles. The Labute approximate surface area is 107 Å². The first kappa shape index (κ1) is 5.97. The molecular formula is C11H18ClNO2. The molecule has 1 aromatic rings. The van der Waals surface area contributed by atoms with Gasteiger partial charge in [-0.1, -0.05) is 6.07 Å². The number of halogens is 1. The Balaban J connectivity index is 0.00000441. The van der Waals surface area contributed by atoms with Gasteiger partial charge in [0.25, 0.3) is 0 Å². The van der Waals surface area contributed by atoms with Crippen LogP contribution < -0.4 is 15.2 Å². The molecule has 15 heavy (non-hydrogen) atoms. The second kappa shape index (κ2) is 7.37. The van der Waals surface area contributed by atoms with E-state index in [4.69, 9.17) is 24.8 Å². The first-order valence-electron chi connectivity index (χ1n) is 7.63. The number of hydrogen-bond acceptors (Lipinski definition) is 3. The summed E-state index contributed by atoms with van der Waals surface area (Å²) < 4.78 is 61.4. The number of methoxy groups -OCH3 is 1. The largest absolute Gasteiger partial charge is 0.493 e. The smallest absolute Gasteiger partial charge is 0.161 e. The van der Waals surface area contributed by atoms with Crippen molar-refractivity contribution in [2.24, 2.45) is 5.73 Å². The van der Waals surface area contributed by atoms with Crippen LogP contribution in [-0.2, 0) is 6.37 Å². The molecule has 0 amide bonds. The third-order valence-corrected chi connectivity index (χ3v) is 1.57. The molecule has 0 fully saturated rings. The fraction of sp³-hybridized carbons (Fsp3) is 0.455. The lowest BCUT2D eigenvalue weighted by Gasteiger charge is -2.10. The Morgan fingerprint density at radius 1 is 1.47 bits per heavy atom. The molecule has 0 bridgehead atoms. The zero-order chi connectivity index (χ0) is 16.5. The minimum absolute atomic E-state index is 0. The highest BCUT2D eigenvalue weighted by atomic mass is 35.5. The maximum atomic E-state index is 7.76. The SMILES string of the molecule is Cl.[2H]C([2H])([2H])Oc1ccc(C([2H])([2H])C([2H])([2H])N)cc1OCC. The van der Waals surface area contributed by atoms with Crippen LogP contribution in [-0.4, -0.2) is 20.1 Å². The van der Waals surface area contributed by atoms with Gasteiger partial charge in [0.2, 0.25) is 0 Å². The molecule has 0 aromatic heterocycles. The second-order valence-corrected chi connectivity index (χ2v) is 2.47. The highest BCUT2D eigenvalue weighted by Crippen LogP contribution is 2.27. The summed E-state index contributed by atoms with van der Waals surface area (Å²) >= 11 is 0. The maximum absolute atomic E-state index is 7.76. The van der Waals surface area contributed by atoms with Crippen LogP contribution in [0.1, 0.15) is 22.1 Å². The van der Waals surface area contributed by atoms with Crippen LogP contribution in [0.15, 0.2) is 18.2 Å². The van der Waals surface area contributed by atoms with E-state index in [9.17, 15) is 0 Å². The van der Waals surface area contributed by atoms with Crippen LogP contribution >= 0.6 is 12.4 Å². The van der Waals surface area contributed by atoms with Crippen LogP contribution in [0, 0.1) is 0 Å². The zero-order valence-corrected chi connectivity index (χ0v) is 9.06. The second-order valence-electron chi connectivity index (χ2n) is 2.47. The first-order valence-corrected chi connectivity index (χ1v) is 4.13. The van der Waals surface area contributed by atoms with Gasteiger partial charge in [0.05, 0.1) is 17.8 Å². The molecule has 0 aliphatic rings. The lowest BCUT2D eigenvalue weighted by molar-refractivity contribution is 0.310. The van der Waals surface area contributed by atoms with Crippen molar-refractivity contribution in [3.63, 3.8) is 0 Å². The van der Waals surface area contributed by atoms with Crippen LogP contribution in [0.5, 0.6) is 11.5 Å². The molecule has 0 aliphatic carbocycles. The molecule has 86 valence electrons. The standard InChI is InChI=1S/C11H17NO2.ClH/c1-3-14-11-8-9(6-7-12)4-5-10(11)13-2;/h4-5,8H,3,6-7,12H2,1-2H3;1H/i2D3,6D2,7D2;. The van der Waals surface area contributed by atoms with Crippen molar-refractivity contribution in [1.82, 2.24) is 0 Å². The van der Waals surface area contributed by atoms with Gasteiger partial charge >= 0.3 is 0 Å². The zero-order valence-electron chi connectivity index (χ0n) is 15.2. The molecule has 0 radical (unpaired) electrons. The van der Waals surface area contributed by atoms with Gasteiger partial charge in [0, 0.05) is 5.48 Å². The molecule has 1 rings (SSSR count). The fourth-order valence-corrected chi connectivity index (χ4v) is 1.02. The van der Waals surface area contributed by atoms with E-state index < -0.39 is 19.9 Å². The van der Waals surface area contributed by atoms with Crippen molar-refractivity contribution in [2.75, 3.05) is 20.1 Å². The predicted molar refractivity (Wildman–Crippen MR) is 64.2 cm³/mol. The van der Waals surface area contributed by atoms with Crippen LogP contribution in [0.2, 0.25) is 0 Å². The molecule has 3 nitrogen and oxygen atoms in total. The maximum Gasteiger partial charge on any atom is 0.161 e. The summed E-state index contributed by atoms with van der Waals surface area (Å²) in [5, 5.41) is 0. The summed E-state index contributed by atoms with van der Waals surface area (Å²) in [6, 6.07) is 3.62. The van der Waals surface area contributed by atoms with Crippen molar-refractivity contribution in [3.8, 4) is 11.5 Å². The number of hydrogen-bond donors (Lipinski definition) is 1. The summed E-state index contributed by atoms with van der Waals surface area (Å²) in [5.41, 5.74) is 5.13. The predicted octanol–water partition coefficient (Wildman–Crippen LogP) is 2.02. The van der Waals surface area contributed by atoms with E-state index in [1.807, 2.05) is 0 Å². The average Bonchev–Trinajstić information content (AvgIpc) is 2.28. The van der Waals surface area contributed by atoms with Crippen molar-refractivity contribution >= 4 is 12.4 Å². The third-order valence-electron chi connectivity index (χ3n) is 1.57. The molecule has 1 aromatic carbocycles. The lowest BCUT2D eigenvalue weighted by Crippen LogP contribution is -2.03. The average molecular weight is 239 g/mol. The minimum atomic E-state index is -2.67. The molecular weight excluding hydrogens is 214 g/mol. The van der Waals surface area contributed by atoms with Crippen LogP contribution in [0.25, 0.3) is 0 Å². The van der Waals surface area contributed by atoms with Gasteiger partial charge in [0.1, 0.15) is 0 Å². The molecule has 0 heterocycles. The topological polar surface area (TPSA) is 44.5 Å². The van der Waals surface area contributed by atoms with E-state index in [2.05, 4.69) is 0 Å². The fourth-order valence-electron chi connectivity index (χ4n) is 1.02. The van der Waals surface area contributed by atoms with Gasteiger partial charge in [-0.25, -0.2) is 0 Å². The summed E-state index contributed by atoms with van der Waals surface area (Å²) in [6.07, 6.45) is -2.47. The minimum Gasteiger partial charge on any atom is -0.493 e.